The molecule has 0 radical (unpaired) electrons. The zero-order valence-electron chi connectivity index (χ0n) is 10.1. The van der Waals surface area contributed by atoms with Gasteiger partial charge in [-0.1, -0.05) is 12.1 Å². The van der Waals surface area contributed by atoms with Crippen LogP contribution in [0.2, 0.25) is 0 Å². The minimum absolute atomic E-state index is 0.0697. The predicted octanol–water partition coefficient (Wildman–Crippen LogP) is 3.36. The fourth-order valence-electron chi connectivity index (χ4n) is 1.53. The van der Waals surface area contributed by atoms with E-state index in [4.69, 9.17) is 10.00 Å². The third-order valence-electron chi connectivity index (χ3n) is 2.47. The van der Waals surface area contributed by atoms with E-state index in [1.54, 1.807) is 6.20 Å². The molecule has 1 aromatic carbocycles. The van der Waals surface area contributed by atoms with Crippen LogP contribution < -0.4 is 10.1 Å². The minimum atomic E-state index is 0.0697. The molecule has 0 spiro atoms. The number of nitrogens with one attached hydrogen (secondary N) is 1. The van der Waals surface area contributed by atoms with Gasteiger partial charge in [-0.05, 0) is 45.8 Å². The number of nitriles is 1. The molecule has 0 aliphatic heterocycles. The SMILES string of the molecule is N#CCOc1ccc(CNc2cccnc2Br)cc1. The van der Waals surface area contributed by atoms with Crippen molar-refractivity contribution in [3.8, 4) is 11.8 Å². The number of anilines is 1. The molecule has 5 heteroatoms. The van der Waals surface area contributed by atoms with Crippen molar-refractivity contribution in [2.24, 2.45) is 0 Å². The molecule has 0 atom stereocenters. The second kappa shape index (κ2) is 6.76. The molecule has 0 saturated heterocycles. The number of ether oxygens (including phenoxy) is 1. The first-order valence-corrected chi connectivity index (χ1v) is 6.52. The van der Waals surface area contributed by atoms with Crippen molar-refractivity contribution in [2.45, 2.75) is 6.54 Å². The fourth-order valence-corrected chi connectivity index (χ4v) is 1.92. The van der Waals surface area contributed by atoms with Crippen LogP contribution >= 0.6 is 15.9 Å². The van der Waals surface area contributed by atoms with E-state index in [2.05, 4.69) is 26.2 Å². The van der Waals surface area contributed by atoms with Crippen molar-refractivity contribution < 1.29 is 4.74 Å². The second-order valence-corrected chi connectivity index (χ2v) is 4.54. The Hall–Kier alpha value is -2.06. The van der Waals surface area contributed by atoms with E-state index in [1.807, 2.05) is 42.5 Å². The Morgan fingerprint density at radius 3 is 2.74 bits per heavy atom. The summed E-state index contributed by atoms with van der Waals surface area (Å²) in [6.45, 7) is 0.767. The van der Waals surface area contributed by atoms with Gasteiger partial charge in [0.25, 0.3) is 0 Å². The van der Waals surface area contributed by atoms with Crippen molar-refractivity contribution in [3.05, 3.63) is 52.8 Å². The fraction of sp³-hybridized carbons (Fsp3) is 0.143. The summed E-state index contributed by atoms with van der Waals surface area (Å²) in [5.74, 6) is 0.702. The van der Waals surface area contributed by atoms with Gasteiger partial charge in [0.1, 0.15) is 16.4 Å². The molecule has 4 nitrogen and oxygen atoms in total. The molecular weight excluding hydrogens is 306 g/mol. The number of halogens is 1. The maximum Gasteiger partial charge on any atom is 0.174 e. The quantitative estimate of drug-likeness (QED) is 0.859. The number of aromatic nitrogens is 1. The molecule has 1 heterocycles. The largest absolute Gasteiger partial charge is 0.479 e. The number of benzene rings is 1. The van der Waals surface area contributed by atoms with Gasteiger partial charge in [-0.3, -0.25) is 0 Å². The van der Waals surface area contributed by atoms with Gasteiger partial charge in [-0.25, -0.2) is 4.98 Å². The van der Waals surface area contributed by atoms with Crippen molar-refractivity contribution in [1.29, 1.82) is 5.26 Å². The lowest BCUT2D eigenvalue weighted by atomic mass is 10.2. The lowest BCUT2D eigenvalue weighted by Crippen LogP contribution is -2.01. The Labute approximate surface area is 120 Å². The summed E-state index contributed by atoms with van der Waals surface area (Å²) >= 11 is 3.39. The van der Waals surface area contributed by atoms with Gasteiger partial charge in [-0.2, -0.15) is 5.26 Å². The molecule has 0 fully saturated rings. The first-order valence-electron chi connectivity index (χ1n) is 5.72. The molecule has 0 aliphatic carbocycles. The second-order valence-electron chi connectivity index (χ2n) is 3.79. The number of rotatable bonds is 5. The topological polar surface area (TPSA) is 57.9 Å². The van der Waals surface area contributed by atoms with Gasteiger partial charge >= 0.3 is 0 Å². The molecule has 2 rings (SSSR count). The van der Waals surface area contributed by atoms with Crippen LogP contribution in [0.5, 0.6) is 5.75 Å². The third kappa shape index (κ3) is 3.97. The molecule has 0 saturated carbocycles. The lowest BCUT2D eigenvalue weighted by Gasteiger charge is -2.08. The Bertz CT molecular complexity index is 578. The first kappa shape index (κ1) is 13.4. The van der Waals surface area contributed by atoms with Crippen molar-refractivity contribution in [3.63, 3.8) is 0 Å². The third-order valence-corrected chi connectivity index (χ3v) is 3.10. The number of hydrogen-bond acceptors (Lipinski definition) is 4. The van der Waals surface area contributed by atoms with E-state index in [1.165, 1.54) is 0 Å². The first-order chi connectivity index (χ1) is 9.29. The van der Waals surface area contributed by atoms with Crippen LogP contribution in [0.1, 0.15) is 5.56 Å². The minimum Gasteiger partial charge on any atom is -0.479 e. The van der Waals surface area contributed by atoms with E-state index in [0.29, 0.717) is 12.3 Å². The highest BCUT2D eigenvalue weighted by Crippen LogP contribution is 2.19. The Kier molecular flexibility index (Phi) is 4.76. The summed E-state index contributed by atoms with van der Waals surface area (Å²) in [5.41, 5.74) is 2.08. The van der Waals surface area contributed by atoms with Crippen LogP contribution in [-0.2, 0) is 6.54 Å². The molecule has 96 valence electrons. The Morgan fingerprint density at radius 2 is 2.05 bits per heavy atom. The van der Waals surface area contributed by atoms with Gasteiger partial charge in [0.2, 0.25) is 0 Å². The highest BCUT2D eigenvalue weighted by atomic mass is 79.9. The molecule has 1 aromatic heterocycles. The van der Waals surface area contributed by atoms with E-state index in [0.717, 1.165) is 15.9 Å². The standard InChI is InChI=1S/C14H12BrN3O/c15-14-13(2-1-8-17-14)18-10-11-3-5-12(6-4-11)19-9-7-16/h1-6,8,18H,9-10H2. The van der Waals surface area contributed by atoms with Crippen LogP contribution in [-0.4, -0.2) is 11.6 Å². The number of pyridine rings is 1. The summed E-state index contributed by atoms with van der Waals surface area (Å²) in [4.78, 5) is 4.14. The molecular formula is C14H12BrN3O. The van der Waals surface area contributed by atoms with Gasteiger partial charge in [-0.15, -0.1) is 0 Å². The van der Waals surface area contributed by atoms with Crippen LogP contribution in [0.25, 0.3) is 0 Å². The zero-order valence-corrected chi connectivity index (χ0v) is 11.7. The molecule has 2 aromatic rings. The van der Waals surface area contributed by atoms with Crippen LogP contribution in [0.4, 0.5) is 5.69 Å². The van der Waals surface area contributed by atoms with Gasteiger partial charge in [0.15, 0.2) is 6.61 Å². The average molecular weight is 318 g/mol. The summed E-state index contributed by atoms with van der Waals surface area (Å²) < 4.78 is 5.99. The summed E-state index contributed by atoms with van der Waals surface area (Å²) in [6, 6.07) is 13.4. The number of hydrogen-bond donors (Lipinski definition) is 1. The van der Waals surface area contributed by atoms with Gasteiger partial charge in [0, 0.05) is 12.7 Å². The molecule has 0 amide bonds. The van der Waals surface area contributed by atoms with E-state index in [-0.39, 0.29) is 6.61 Å². The van der Waals surface area contributed by atoms with Crippen molar-refractivity contribution in [1.82, 2.24) is 4.98 Å². The molecule has 0 bridgehead atoms. The maximum atomic E-state index is 8.42. The monoisotopic (exact) mass is 317 g/mol. The lowest BCUT2D eigenvalue weighted by molar-refractivity contribution is 0.368. The Morgan fingerprint density at radius 1 is 1.26 bits per heavy atom. The van der Waals surface area contributed by atoms with Crippen molar-refractivity contribution in [2.75, 3.05) is 11.9 Å². The van der Waals surface area contributed by atoms with Crippen molar-refractivity contribution >= 4 is 21.6 Å². The highest BCUT2D eigenvalue weighted by Gasteiger charge is 2.00. The Balaban J connectivity index is 1.93. The van der Waals surface area contributed by atoms with Crippen LogP contribution in [0, 0.1) is 11.3 Å². The summed E-state index contributed by atoms with van der Waals surface area (Å²) in [6.07, 6.45) is 1.73. The smallest absolute Gasteiger partial charge is 0.174 e. The van der Waals surface area contributed by atoms with Crippen LogP contribution in [0.15, 0.2) is 47.2 Å². The van der Waals surface area contributed by atoms with E-state index < -0.39 is 0 Å². The van der Waals surface area contributed by atoms with Crippen LogP contribution in [0.3, 0.4) is 0 Å². The maximum absolute atomic E-state index is 8.42. The summed E-state index contributed by atoms with van der Waals surface area (Å²) in [7, 11) is 0. The molecule has 19 heavy (non-hydrogen) atoms. The van der Waals surface area contributed by atoms with E-state index >= 15 is 0 Å². The average Bonchev–Trinajstić information content (AvgIpc) is 2.45. The van der Waals surface area contributed by atoms with Gasteiger partial charge < -0.3 is 10.1 Å². The molecule has 0 unspecified atom stereocenters. The normalized spacial score (nSPS) is 9.68. The highest BCUT2D eigenvalue weighted by molar-refractivity contribution is 9.10. The zero-order chi connectivity index (χ0) is 13.5. The van der Waals surface area contributed by atoms with E-state index in [9.17, 15) is 0 Å². The number of nitrogens with zero attached hydrogens (tertiary/aromatic N) is 2. The molecule has 1 N–H and O–H groups in total. The summed E-state index contributed by atoms with van der Waals surface area (Å²) in [5, 5.41) is 11.7. The molecule has 0 aliphatic rings. The van der Waals surface area contributed by atoms with Gasteiger partial charge in [0.05, 0.1) is 5.69 Å². The predicted molar refractivity (Wildman–Crippen MR) is 76.8 cm³/mol.